The summed E-state index contributed by atoms with van der Waals surface area (Å²) in [5.74, 6) is -1.09. The molecule has 0 spiro atoms. The third kappa shape index (κ3) is 6.40. The highest BCUT2D eigenvalue weighted by atomic mass is 16.6. The summed E-state index contributed by atoms with van der Waals surface area (Å²) in [6.07, 6.45) is 0.589. The van der Waals surface area contributed by atoms with Crippen molar-refractivity contribution in [2.75, 3.05) is 20.7 Å². The molecule has 0 heterocycles. The number of likely N-dealkylation sites (N-methyl/N-ethyl adjacent to an activating group) is 1. The molecule has 24 heavy (non-hydrogen) atoms. The van der Waals surface area contributed by atoms with Crippen LogP contribution in [0.4, 0.5) is 0 Å². The number of amides is 1. The third-order valence-electron chi connectivity index (χ3n) is 3.21. The third-order valence-corrected chi connectivity index (χ3v) is 3.21. The molecule has 0 radical (unpaired) electrons. The maximum atomic E-state index is 12.6. The van der Waals surface area contributed by atoms with Gasteiger partial charge in [-0.05, 0) is 38.8 Å². The second kappa shape index (κ2) is 8.47. The molecule has 0 aromatic heterocycles. The minimum Gasteiger partial charge on any atom is -0.469 e. The average molecular weight is 335 g/mol. The van der Waals surface area contributed by atoms with Crippen LogP contribution in [0.5, 0.6) is 0 Å². The van der Waals surface area contributed by atoms with Crippen LogP contribution >= 0.6 is 0 Å². The van der Waals surface area contributed by atoms with Crippen molar-refractivity contribution in [1.82, 2.24) is 4.90 Å². The van der Waals surface area contributed by atoms with E-state index in [1.807, 2.05) is 0 Å². The zero-order valence-corrected chi connectivity index (χ0v) is 14.9. The Bertz CT molecular complexity index is 604. The van der Waals surface area contributed by atoms with Crippen LogP contribution in [0, 0.1) is 0 Å². The van der Waals surface area contributed by atoms with E-state index in [2.05, 4.69) is 4.74 Å². The molecule has 6 heteroatoms. The van der Waals surface area contributed by atoms with Crippen molar-refractivity contribution < 1.29 is 23.9 Å². The fourth-order valence-electron chi connectivity index (χ4n) is 2.13. The minimum atomic E-state index is -0.598. The van der Waals surface area contributed by atoms with Gasteiger partial charge in [-0.3, -0.25) is 14.4 Å². The average Bonchev–Trinajstić information content (AvgIpc) is 2.50. The molecule has 0 saturated heterocycles. The fourth-order valence-corrected chi connectivity index (χ4v) is 2.13. The van der Waals surface area contributed by atoms with E-state index in [9.17, 15) is 14.4 Å². The topological polar surface area (TPSA) is 72.9 Å². The van der Waals surface area contributed by atoms with Crippen molar-refractivity contribution in [1.29, 1.82) is 0 Å². The summed E-state index contributed by atoms with van der Waals surface area (Å²) in [5.41, 5.74) is 0.607. The molecule has 0 aliphatic carbocycles. The Morgan fingerprint density at radius 1 is 1.08 bits per heavy atom. The number of rotatable bonds is 6. The summed E-state index contributed by atoms with van der Waals surface area (Å²) in [6, 6.07) is 7.02. The van der Waals surface area contributed by atoms with Gasteiger partial charge in [0, 0.05) is 19.0 Å². The van der Waals surface area contributed by atoms with E-state index >= 15 is 0 Å². The van der Waals surface area contributed by atoms with E-state index in [1.165, 1.54) is 12.0 Å². The fraction of sp³-hybridized carbons (Fsp3) is 0.500. The first-order valence-electron chi connectivity index (χ1n) is 7.76. The van der Waals surface area contributed by atoms with Crippen LogP contribution in [0.15, 0.2) is 24.3 Å². The van der Waals surface area contributed by atoms with E-state index in [4.69, 9.17) is 4.74 Å². The smallest absolute Gasteiger partial charge is 0.326 e. The molecule has 6 nitrogen and oxygen atoms in total. The largest absolute Gasteiger partial charge is 0.469 e. The molecule has 0 bridgehead atoms. The summed E-state index contributed by atoms with van der Waals surface area (Å²) >= 11 is 0. The summed E-state index contributed by atoms with van der Waals surface area (Å²) in [7, 11) is 2.87. The Morgan fingerprint density at radius 3 is 2.29 bits per heavy atom. The van der Waals surface area contributed by atoms with Crippen molar-refractivity contribution in [3.8, 4) is 0 Å². The van der Waals surface area contributed by atoms with Gasteiger partial charge in [-0.2, -0.15) is 0 Å². The predicted octanol–water partition coefficient (Wildman–Crippen LogP) is 2.21. The maximum Gasteiger partial charge on any atom is 0.326 e. The first kappa shape index (κ1) is 19.7. The number of hydrogen-bond acceptors (Lipinski definition) is 5. The number of nitrogens with zero attached hydrogens (tertiary/aromatic N) is 1. The molecule has 0 fully saturated rings. The van der Waals surface area contributed by atoms with Crippen molar-refractivity contribution in [2.24, 2.45) is 0 Å². The highest BCUT2D eigenvalue weighted by Gasteiger charge is 2.22. The van der Waals surface area contributed by atoms with Crippen LogP contribution in [0.1, 0.15) is 43.1 Å². The number of carbonyl (C=O) groups excluding carboxylic acids is 3. The number of hydrogen-bond donors (Lipinski definition) is 0. The van der Waals surface area contributed by atoms with E-state index in [0.717, 1.165) is 5.56 Å². The SMILES string of the molecule is COC(=O)CCc1ccccc1C(=O)N(C)CC(=O)OC(C)(C)C. The highest BCUT2D eigenvalue weighted by molar-refractivity contribution is 5.97. The lowest BCUT2D eigenvalue weighted by molar-refractivity contribution is -0.155. The minimum absolute atomic E-state index is 0.137. The van der Waals surface area contributed by atoms with Crippen molar-refractivity contribution in [3.63, 3.8) is 0 Å². The molecule has 1 amide bonds. The Hall–Kier alpha value is -2.37. The molecule has 0 aliphatic rings. The lowest BCUT2D eigenvalue weighted by atomic mass is 10.0. The Kier molecular flexibility index (Phi) is 6.95. The number of methoxy groups -OCH3 is 1. The summed E-state index contributed by atoms with van der Waals surface area (Å²) < 4.78 is 9.85. The van der Waals surface area contributed by atoms with Gasteiger partial charge in [0.05, 0.1) is 7.11 Å². The van der Waals surface area contributed by atoms with Crippen LogP contribution in [0.3, 0.4) is 0 Å². The standard InChI is InChI=1S/C18H25NO5/c1-18(2,3)24-16(21)12-19(4)17(22)14-9-7-6-8-13(14)10-11-15(20)23-5/h6-9H,10-12H2,1-5H3. The van der Waals surface area contributed by atoms with E-state index < -0.39 is 11.6 Å². The summed E-state index contributed by atoms with van der Waals surface area (Å²) in [4.78, 5) is 37.1. The van der Waals surface area contributed by atoms with Gasteiger partial charge >= 0.3 is 11.9 Å². The summed E-state index contributed by atoms with van der Waals surface area (Å²) in [6.45, 7) is 5.18. The second-order valence-electron chi connectivity index (χ2n) is 6.48. The van der Waals surface area contributed by atoms with E-state index in [0.29, 0.717) is 12.0 Å². The number of esters is 2. The molecular formula is C18H25NO5. The van der Waals surface area contributed by atoms with Gasteiger partial charge in [-0.15, -0.1) is 0 Å². The first-order valence-corrected chi connectivity index (χ1v) is 7.76. The number of aryl methyl sites for hydroxylation is 1. The van der Waals surface area contributed by atoms with Crippen molar-refractivity contribution in [2.45, 2.75) is 39.2 Å². The lowest BCUT2D eigenvalue weighted by Gasteiger charge is -2.23. The maximum absolute atomic E-state index is 12.6. The summed E-state index contributed by atoms with van der Waals surface area (Å²) in [5, 5.41) is 0. The predicted molar refractivity (Wildman–Crippen MR) is 89.6 cm³/mol. The Balaban J connectivity index is 2.79. The van der Waals surface area contributed by atoms with Crippen LogP contribution < -0.4 is 0 Å². The van der Waals surface area contributed by atoms with Gasteiger partial charge < -0.3 is 14.4 Å². The van der Waals surface area contributed by atoms with Gasteiger partial charge in [0.25, 0.3) is 5.91 Å². The molecule has 0 atom stereocenters. The quantitative estimate of drug-likeness (QED) is 0.745. The van der Waals surface area contributed by atoms with Crippen LogP contribution in [0.2, 0.25) is 0 Å². The second-order valence-corrected chi connectivity index (χ2v) is 6.48. The Labute approximate surface area is 142 Å². The number of ether oxygens (including phenoxy) is 2. The molecular weight excluding hydrogens is 310 g/mol. The van der Waals surface area contributed by atoms with Gasteiger partial charge in [-0.25, -0.2) is 0 Å². The van der Waals surface area contributed by atoms with Crippen molar-refractivity contribution in [3.05, 3.63) is 35.4 Å². The lowest BCUT2D eigenvalue weighted by Crippen LogP contribution is -2.36. The normalized spacial score (nSPS) is 10.9. The van der Waals surface area contributed by atoms with Gasteiger partial charge in [-0.1, -0.05) is 18.2 Å². The van der Waals surface area contributed by atoms with Crippen LogP contribution in [0.25, 0.3) is 0 Å². The molecule has 0 saturated carbocycles. The zero-order valence-electron chi connectivity index (χ0n) is 14.9. The van der Waals surface area contributed by atoms with Gasteiger partial charge in [0.1, 0.15) is 12.1 Å². The molecule has 0 aliphatic heterocycles. The Morgan fingerprint density at radius 2 is 1.71 bits per heavy atom. The molecule has 0 N–H and O–H groups in total. The van der Waals surface area contributed by atoms with E-state index in [-0.39, 0.29) is 24.8 Å². The highest BCUT2D eigenvalue weighted by Crippen LogP contribution is 2.14. The monoisotopic (exact) mass is 335 g/mol. The van der Waals surface area contributed by atoms with Crippen LogP contribution in [-0.4, -0.2) is 49.0 Å². The van der Waals surface area contributed by atoms with Crippen LogP contribution in [-0.2, 0) is 25.5 Å². The molecule has 1 aromatic carbocycles. The molecule has 132 valence electrons. The number of carbonyl (C=O) groups is 3. The first-order chi connectivity index (χ1) is 11.1. The van der Waals surface area contributed by atoms with Crippen molar-refractivity contribution >= 4 is 17.8 Å². The van der Waals surface area contributed by atoms with Gasteiger partial charge in [0.15, 0.2) is 0 Å². The molecule has 1 rings (SSSR count). The number of benzene rings is 1. The van der Waals surface area contributed by atoms with E-state index in [1.54, 1.807) is 52.1 Å². The molecule has 0 unspecified atom stereocenters. The zero-order chi connectivity index (χ0) is 18.3. The van der Waals surface area contributed by atoms with Gasteiger partial charge in [0.2, 0.25) is 0 Å². The molecule has 1 aromatic rings.